The first-order valence-electron chi connectivity index (χ1n) is 8.84. The third-order valence-electron chi connectivity index (χ3n) is 4.42. The smallest absolute Gasteiger partial charge is 0.342 e. The van der Waals surface area contributed by atoms with Crippen molar-refractivity contribution in [3.05, 3.63) is 83.4 Å². The van der Waals surface area contributed by atoms with E-state index in [1.807, 2.05) is 42.5 Å². The quantitative estimate of drug-likeness (QED) is 0.432. The lowest BCUT2D eigenvalue weighted by atomic mass is 10.0. The molecule has 3 aromatic carbocycles. The molecule has 0 N–H and O–H groups in total. The van der Waals surface area contributed by atoms with Gasteiger partial charge in [0.2, 0.25) is 0 Å². The van der Waals surface area contributed by atoms with Gasteiger partial charge in [-0.25, -0.2) is 4.79 Å². The molecule has 0 unspecified atom stereocenters. The van der Waals surface area contributed by atoms with Crippen LogP contribution in [0.25, 0.3) is 23.3 Å². The average Bonchev–Trinajstić information content (AvgIpc) is 2.77. The standard InChI is InChI=1S/C24H22O4/c1-26-21-15-20(23(24(25)28-3)22(16-21)27-2)14-11-17-9-12-19(13-10-17)18-7-5-4-6-8-18/h4-16H,1-3H3/b14-11-. The van der Waals surface area contributed by atoms with Crippen LogP contribution in [0.5, 0.6) is 11.5 Å². The number of rotatable bonds is 6. The summed E-state index contributed by atoms with van der Waals surface area (Å²) in [5.74, 6) is 0.549. The van der Waals surface area contributed by atoms with Crippen molar-refractivity contribution in [2.24, 2.45) is 0 Å². The maximum Gasteiger partial charge on any atom is 0.342 e. The molecule has 28 heavy (non-hydrogen) atoms. The molecule has 0 bridgehead atoms. The molecule has 0 spiro atoms. The van der Waals surface area contributed by atoms with Crippen molar-refractivity contribution in [2.75, 3.05) is 21.3 Å². The van der Waals surface area contributed by atoms with E-state index in [2.05, 4.69) is 24.3 Å². The van der Waals surface area contributed by atoms with Gasteiger partial charge >= 0.3 is 5.97 Å². The lowest BCUT2D eigenvalue weighted by Crippen LogP contribution is -2.07. The van der Waals surface area contributed by atoms with Gasteiger partial charge < -0.3 is 14.2 Å². The van der Waals surface area contributed by atoms with Crippen molar-refractivity contribution in [2.45, 2.75) is 0 Å². The molecular weight excluding hydrogens is 352 g/mol. The van der Waals surface area contributed by atoms with Gasteiger partial charge in [0, 0.05) is 6.07 Å². The molecule has 3 rings (SSSR count). The summed E-state index contributed by atoms with van der Waals surface area (Å²) in [5.41, 5.74) is 4.36. The van der Waals surface area contributed by atoms with E-state index in [0.717, 1.165) is 11.1 Å². The number of hydrogen-bond acceptors (Lipinski definition) is 4. The van der Waals surface area contributed by atoms with Gasteiger partial charge in [0.1, 0.15) is 17.1 Å². The molecule has 0 saturated carbocycles. The fourth-order valence-electron chi connectivity index (χ4n) is 2.94. The lowest BCUT2D eigenvalue weighted by Gasteiger charge is -2.12. The molecule has 0 aliphatic rings. The maximum absolute atomic E-state index is 12.2. The zero-order chi connectivity index (χ0) is 19.9. The molecule has 3 aromatic rings. The van der Waals surface area contributed by atoms with Gasteiger partial charge in [-0.1, -0.05) is 66.7 Å². The van der Waals surface area contributed by atoms with Crippen LogP contribution in [0.3, 0.4) is 0 Å². The topological polar surface area (TPSA) is 44.8 Å². The van der Waals surface area contributed by atoms with Crippen LogP contribution in [0.15, 0.2) is 66.7 Å². The highest BCUT2D eigenvalue weighted by Gasteiger charge is 2.18. The summed E-state index contributed by atoms with van der Waals surface area (Å²) >= 11 is 0. The molecule has 0 amide bonds. The summed E-state index contributed by atoms with van der Waals surface area (Å²) in [6.45, 7) is 0. The highest BCUT2D eigenvalue weighted by atomic mass is 16.5. The molecule has 0 heterocycles. The fraction of sp³-hybridized carbons (Fsp3) is 0.125. The zero-order valence-electron chi connectivity index (χ0n) is 16.1. The molecule has 0 atom stereocenters. The predicted octanol–water partition coefficient (Wildman–Crippen LogP) is 5.33. The van der Waals surface area contributed by atoms with Crippen molar-refractivity contribution in [3.63, 3.8) is 0 Å². The normalized spacial score (nSPS) is 10.7. The molecule has 0 radical (unpaired) electrons. The number of carbonyl (C=O) groups is 1. The van der Waals surface area contributed by atoms with Crippen LogP contribution in [0, 0.1) is 0 Å². The summed E-state index contributed by atoms with van der Waals surface area (Å²) in [5, 5.41) is 0. The minimum Gasteiger partial charge on any atom is -0.497 e. The van der Waals surface area contributed by atoms with Crippen molar-refractivity contribution < 1.29 is 19.0 Å². The first-order chi connectivity index (χ1) is 13.7. The summed E-state index contributed by atoms with van der Waals surface area (Å²) in [4.78, 5) is 12.2. The monoisotopic (exact) mass is 374 g/mol. The van der Waals surface area contributed by atoms with Crippen molar-refractivity contribution in [1.29, 1.82) is 0 Å². The van der Waals surface area contributed by atoms with Crippen LogP contribution < -0.4 is 9.47 Å². The molecule has 4 nitrogen and oxygen atoms in total. The van der Waals surface area contributed by atoms with E-state index < -0.39 is 5.97 Å². The zero-order valence-corrected chi connectivity index (χ0v) is 16.1. The van der Waals surface area contributed by atoms with Gasteiger partial charge in [-0.15, -0.1) is 0 Å². The molecule has 0 fully saturated rings. The summed E-state index contributed by atoms with van der Waals surface area (Å²) < 4.78 is 15.6. The third kappa shape index (κ3) is 4.23. The highest BCUT2D eigenvalue weighted by Crippen LogP contribution is 2.31. The van der Waals surface area contributed by atoms with Crippen molar-refractivity contribution in [1.82, 2.24) is 0 Å². The van der Waals surface area contributed by atoms with E-state index in [-0.39, 0.29) is 0 Å². The third-order valence-corrected chi connectivity index (χ3v) is 4.42. The minimum absolute atomic E-state index is 0.364. The second-order valence-electron chi connectivity index (χ2n) is 6.11. The van der Waals surface area contributed by atoms with E-state index in [1.165, 1.54) is 19.8 Å². The van der Waals surface area contributed by atoms with Gasteiger partial charge in [0.15, 0.2) is 0 Å². The Morgan fingerprint density at radius 1 is 0.786 bits per heavy atom. The van der Waals surface area contributed by atoms with E-state index in [9.17, 15) is 4.79 Å². The molecular formula is C24H22O4. The van der Waals surface area contributed by atoms with E-state index in [0.29, 0.717) is 22.6 Å². The highest BCUT2D eigenvalue weighted by molar-refractivity contribution is 5.98. The molecule has 0 aliphatic heterocycles. The van der Waals surface area contributed by atoms with Crippen LogP contribution in [0.2, 0.25) is 0 Å². The number of carbonyl (C=O) groups excluding carboxylic acids is 1. The van der Waals surface area contributed by atoms with Gasteiger partial charge in [0.05, 0.1) is 21.3 Å². The van der Waals surface area contributed by atoms with Gasteiger partial charge in [-0.2, -0.15) is 0 Å². The minimum atomic E-state index is -0.460. The number of methoxy groups -OCH3 is 3. The van der Waals surface area contributed by atoms with Gasteiger partial charge in [-0.3, -0.25) is 0 Å². The predicted molar refractivity (Wildman–Crippen MR) is 112 cm³/mol. The average molecular weight is 374 g/mol. The molecule has 0 aromatic heterocycles. The molecule has 0 aliphatic carbocycles. The van der Waals surface area contributed by atoms with Crippen LogP contribution >= 0.6 is 0 Å². The Hall–Kier alpha value is -3.53. The Balaban J connectivity index is 1.94. The first kappa shape index (κ1) is 19.2. The molecule has 4 heteroatoms. The van der Waals surface area contributed by atoms with E-state index in [1.54, 1.807) is 19.2 Å². The Kier molecular flexibility index (Phi) is 6.12. The number of ether oxygens (including phenoxy) is 3. The van der Waals surface area contributed by atoms with Gasteiger partial charge in [0.25, 0.3) is 0 Å². The summed E-state index contributed by atoms with van der Waals surface area (Å²) in [6, 6.07) is 21.9. The van der Waals surface area contributed by atoms with Crippen LogP contribution in [0.4, 0.5) is 0 Å². The van der Waals surface area contributed by atoms with E-state index >= 15 is 0 Å². The second kappa shape index (κ2) is 8.91. The second-order valence-corrected chi connectivity index (χ2v) is 6.11. The van der Waals surface area contributed by atoms with Crippen LogP contribution in [-0.2, 0) is 4.74 Å². The Labute approximate surface area is 165 Å². The Morgan fingerprint density at radius 3 is 2.07 bits per heavy atom. The number of esters is 1. The summed E-state index contributed by atoms with van der Waals surface area (Å²) in [7, 11) is 4.43. The Morgan fingerprint density at radius 2 is 1.46 bits per heavy atom. The van der Waals surface area contributed by atoms with Crippen molar-refractivity contribution in [3.8, 4) is 22.6 Å². The maximum atomic E-state index is 12.2. The molecule has 0 saturated heterocycles. The SMILES string of the molecule is COC(=O)c1c(/C=C\c2ccc(-c3ccccc3)cc2)cc(OC)cc1OC. The first-order valence-corrected chi connectivity index (χ1v) is 8.84. The van der Waals surface area contributed by atoms with Crippen LogP contribution in [0.1, 0.15) is 21.5 Å². The number of hydrogen-bond donors (Lipinski definition) is 0. The lowest BCUT2D eigenvalue weighted by molar-refractivity contribution is 0.0597. The summed E-state index contributed by atoms with van der Waals surface area (Å²) in [6.07, 6.45) is 3.80. The Bertz CT molecular complexity index is 973. The van der Waals surface area contributed by atoms with Crippen LogP contribution in [-0.4, -0.2) is 27.3 Å². The van der Waals surface area contributed by atoms with Crippen molar-refractivity contribution >= 4 is 18.1 Å². The van der Waals surface area contributed by atoms with E-state index in [4.69, 9.17) is 14.2 Å². The fourth-order valence-corrected chi connectivity index (χ4v) is 2.94. The van der Waals surface area contributed by atoms with Gasteiger partial charge in [-0.05, 0) is 28.3 Å². The molecule has 142 valence electrons. The largest absolute Gasteiger partial charge is 0.497 e. The number of benzene rings is 3.